The van der Waals surface area contributed by atoms with Gasteiger partial charge in [0.05, 0.1) is 12.1 Å². The molecule has 2 heterocycles. The largest absolute Gasteiger partial charge is 0.481 e. The molecular weight excluding hydrogens is 1090 g/mol. The lowest BCUT2D eigenvalue weighted by atomic mass is 10.0. The number of nitrogens with one attached hydrogen (secondary N) is 9. The number of nitrogens with two attached hydrogens (primary N) is 5. The van der Waals surface area contributed by atoms with E-state index in [-0.39, 0.29) is 76.4 Å². The lowest BCUT2D eigenvalue weighted by molar-refractivity contribution is -0.144. The van der Waals surface area contributed by atoms with Gasteiger partial charge in [-0.3, -0.25) is 47.9 Å². The van der Waals surface area contributed by atoms with Crippen molar-refractivity contribution < 1.29 is 68.1 Å². The Morgan fingerprint density at radius 3 is 1.23 bits per heavy atom. The molecule has 482 valence electrons. The molecule has 22 N–H and O–H groups in total. The Bertz CT molecular complexity index is 2060. The summed E-state index contributed by atoms with van der Waals surface area (Å²) < 4.78 is 0. The topological polar surface area (TPSA) is 490 Å². The van der Waals surface area contributed by atoms with E-state index in [9.17, 15) is 58.2 Å². The lowest BCUT2D eigenvalue weighted by Crippen LogP contribution is -2.61. The Morgan fingerprint density at radius 2 is 0.857 bits per heavy atom. The third kappa shape index (κ3) is 29.6. The van der Waals surface area contributed by atoms with Gasteiger partial charge in [-0.2, -0.15) is 0 Å². The van der Waals surface area contributed by atoms with Crippen molar-refractivity contribution in [1.29, 1.82) is 0 Å². The van der Waals surface area contributed by atoms with Crippen LogP contribution in [-0.2, 0) is 52.7 Å². The fourth-order valence-electron chi connectivity index (χ4n) is 9.57. The third-order valence-corrected chi connectivity index (χ3v) is 14.2. The zero-order valence-electron chi connectivity index (χ0n) is 50.2. The molecule has 0 bridgehead atoms. The zero-order chi connectivity index (χ0) is 63.3. The number of aliphatic hydroxyl groups excluding tert-OH is 1. The number of carbonyl (C=O) groups excluding carboxylic acids is 9. The minimum atomic E-state index is -1.49. The lowest BCUT2D eigenvalue weighted by Gasteiger charge is -2.32. The second-order valence-electron chi connectivity index (χ2n) is 22.1. The van der Waals surface area contributed by atoms with E-state index in [1.54, 1.807) is 0 Å². The van der Waals surface area contributed by atoms with Crippen LogP contribution in [0.1, 0.15) is 163 Å². The maximum atomic E-state index is 14.3. The highest BCUT2D eigenvalue weighted by Gasteiger charge is 2.42. The summed E-state index contributed by atoms with van der Waals surface area (Å²) in [5, 5.41) is 52.6. The van der Waals surface area contributed by atoms with Crippen molar-refractivity contribution in [2.45, 2.75) is 230 Å². The summed E-state index contributed by atoms with van der Waals surface area (Å²) in [6, 6.07) is -11.4. The van der Waals surface area contributed by atoms with Crippen LogP contribution in [0.5, 0.6) is 0 Å². The number of carboxylic acids is 2. The van der Waals surface area contributed by atoms with Crippen LogP contribution in [0.25, 0.3) is 0 Å². The average molecular weight is 1200 g/mol. The summed E-state index contributed by atoms with van der Waals surface area (Å²) in [5.74, 6) is -8.28. The number of likely N-dealkylation sites (tertiary alicyclic amines) is 1. The van der Waals surface area contributed by atoms with Gasteiger partial charge in [-0.05, 0) is 187 Å². The number of hydrogen-bond acceptors (Lipinski definition) is 18. The number of aliphatic carboxylic acids is 2. The Kier molecular flexibility index (Phi) is 38.5. The van der Waals surface area contributed by atoms with Gasteiger partial charge in [0.15, 0.2) is 0 Å². The van der Waals surface area contributed by atoms with Crippen molar-refractivity contribution in [2.75, 3.05) is 45.8 Å². The van der Waals surface area contributed by atoms with E-state index in [1.807, 2.05) is 13.8 Å². The maximum Gasteiger partial charge on any atom is 0.326 e. The number of unbranched alkanes of at least 4 members (excludes halogenated alkanes) is 5. The number of nitrogens with zero attached hydrogens (tertiary/aromatic N) is 1. The SMILES string of the molecule is CC(=O)O.CC(C)CC(NC(=O)C(CCCCN)NC(=O)C(CCCCN)NC(=O)C(C)NC(=O)C(CCCCN)NC(=O)C(CCCCN)NC(=O)C1CCCN1C(=O)C(NC(=O)C(CCCCN)NC(=O)C1CCCN1)C(C)O)C(=O)O. The summed E-state index contributed by atoms with van der Waals surface area (Å²) in [7, 11) is 0. The predicted molar refractivity (Wildman–Crippen MR) is 313 cm³/mol. The summed E-state index contributed by atoms with van der Waals surface area (Å²) in [6.07, 6.45) is 6.03. The van der Waals surface area contributed by atoms with Gasteiger partial charge in [-0.1, -0.05) is 13.8 Å². The molecule has 29 heteroatoms. The van der Waals surface area contributed by atoms with E-state index in [2.05, 4.69) is 47.9 Å². The first-order valence-electron chi connectivity index (χ1n) is 29.9. The Morgan fingerprint density at radius 1 is 0.488 bits per heavy atom. The first kappa shape index (κ1) is 75.9. The highest BCUT2D eigenvalue weighted by molar-refractivity contribution is 5.98. The van der Waals surface area contributed by atoms with Gasteiger partial charge in [0.25, 0.3) is 5.97 Å². The van der Waals surface area contributed by atoms with Crippen LogP contribution in [0.3, 0.4) is 0 Å². The van der Waals surface area contributed by atoms with Gasteiger partial charge in [-0.25, -0.2) is 4.79 Å². The molecular formula is C55H103N15O14. The molecule has 0 aromatic rings. The maximum absolute atomic E-state index is 14.3. The molecule has 2 rings (SSSR count). The van der Waals surface area contributed by atoms with E-state index >= 15 is 0 Å². The molecule has 0 aromatic carbocycles. The van der Waals surface area contributed by atoms with Crippen molar-refractivity contribution >= 4 is 65.1 Å². The molecule has 11 unspecified atom stereocenters. The standard InChI is InChI=1S/C53H99N15O12.C2H4O2/c1-32(2)31-41(53(79)80)66-49(75)38(19-7-12-26-56)64-47(73)37(18-6-11-25-55)61-44(70)33(3)60-46(72)36(17-5-10-24-54)63-48(74)39(20-8-13-27-57)65-51(77)42-23-16-30-68(42)52(78)43(34(4)69)67-50(76)40(21-9-14-28-58)62-45(71)35-22-15-29-59-35;1-2(3)4/h32-43,59,69H,5-31,54-58H2,1-4H3,(H,60,72)(H,61,70)(H,62,71)(H,63,74)(H,64,73)(H,65,77)(H,66,75)(H,67,76)(H,79,80);1H3,(H,3,4). The van der Waals surface area contributed by atoms with Gasteiger partial charge < -0.3 is 96.7 Å². The number of carboxylic acid groups (broad SMARTS) is 2. The fraction of sp³-hybridized carbons (Fsp3) is 0.800. The molecule has 84 heavy (non-hydrogen) atoms. The number of hydrogen-bond donors (Lipinski definition) is 17. The minimum absolute atomic E-state index is 0.0603. The van der Waals surface area contributed by atoms with Crippen LogP contribution in [0.4, 0.5) is 0 Å². The van der Waals surface area contributed by atoms with Crippen LogP contribution in [0.2, 0.25) is 0 Å². The van der Waals surface area contributed by atoms with E-state index in [4.69, 9.17) is 38.6 Å². The van der Waals surface area contributed by atoms with Crippen molar-refractivity contribution in [3.8, 4) is 0 Å². The van der Waals surface area contributed by atoms with Crippen LogP contribution >= 0.6 is 0 Å². The second kappa shape index (κ2) is 42.7. The molecule has 0 aliphatic carbocycles. The molecule has 0 aromatic heterocycles. The Balaban J connectivity index is 0.00000852. The van der Waals surface area contributed by atoms with Gasteiger partial charge in [-0.15, -0.1) is 0 Å². The second-order valence-corrected chi connectivity index (χ2v) is 22.1. The van der Waals surface area contributed by atoms with Crippen molar-refractivity contribution in [3.63, 3.8) is 0 Å². The number of amides is 9. The number of rotatable bonds is 41. The summed E-state index contributed by atoms with van der Waals surface area (Å²) in [6.45, 7) is 9.72. The van der Waals surface area contributed by atoms with Crippen LogP contribution < -0.4 is 76.5 Å². The van der Waals surface area contributed by atoms with Gasteiger partial charge in [0, 0.05) is 13.5 Å². The Labute approximate surface area is 494 Å². The van der Waals surface area contributed by atoms with Crippen molar-refractivity contribution in [2.24, 2.45) is 34.6 Å². The molecule has 9 amide bonds. The molecule has 2 aliphatic rings. The smallest absolute Gasteiger partial charge is 0.326 e. The van der Waals surface area contributed by atoms with Crippen LogP contribution in [-0.4, -0.2) is 198 Å². The molecule has 29 nitrogen and oxygen atoms in total. The van der Waals surface area contributed by atoms with E-state index in [0.29, 0.717) is 103 Å². The van der Waals surface area contributed by atoms with Crippen molar-refractivity contribution in [1.82, 2.24) is 52.8 Å². The average Bonchev–Trinajstić information content (AvgIpc) is 4.24. The molecule has 0 saturated carbocycles. The first-order chi connectivity index (χ1) is 39.9. The predicted octanol–water partition coefficient (Wildman–Crippen LogP) is -3.12. The van der Waals surface area contributed by atoms with Crippen LogP contribution in [0.15, 0.2) is 0 Å². The molecule has 2 aliphatic heterocycles. The molecule has 0 radical (unpaired) electrons. The normalized spacial score (nSPS) is 17.9. The Hall–Kier alpha value is -6.11. The summed E-state index contributed by atoms with van der Waals surface area (Å²) >= 11 is 0. The van der Waals surface area contributed by atoms with Gasteiger partial charge in [0.2, 0.25) is 53.2 Å². The minimum Gasteiger partial charge on any atom is -0.481 e. The molecule has 2 fully saturated rings. The van der Waals surface area contributed by atoms with Crippen molar-refractivity contribution in [3.05, 3.63) is 0 Å². The van der Waals surface area contributed by atoms with E-state index < -0.39 is 126 Å². The van der Waals surface area contributed by atoms with Gasteiger partial charge in [0.1, 0.15) is 54.4 Å². The summed E-state index contributed by atoms with van der Waals surface area (Å²) in [5.41, 5.74) is 28.7. The highest BCUT2D eigenvalue weighted by Crippen LogP contribution is 2.21. The fourth-order valence-corrected chi connectivity index (χ4v) is 9.57. The zero-order valence-corrected chi connectivity index (χ0v) is 50.2. The quantitative estimate of drug-likeness (QED) is 0.0269. The van der Waals surface area contributed by atoms with E-state index in [0.717, 1.165) is 13.3 Å². The first-order valence-corrected chi connectivity index (χ1v) is 29.9. The molecule has 2 saturated heterocycles. The number of carbonyl (C=O) groups is 11. The van der Waals surface area contributed by atoms with Crippen LogP contribution in [0, 0.1) is 5.92 Å². The molecule has 0 spiro atoms. The molecule has 11 atom stereocenters. The third-order valence-electron chi connectivity index (χ3n) is 14.2. The number of aliphatic hydroxyl groups is 1. The monoisotopic (exact) mass is 1200 g/mol. The van der Waals surface area contributed by atoms with Gasteiger partial charge >= 0.3 is 5.97 Å². The highest BCUT2D eigenvalue weighted by atomic mass is 16.4. The summed E-state index contributed by atoms with van der Waals surface area (Å²) in [4.78, 5) is 147. The van der Waals surface area contributed by atoms with E-state index in [1.165, 1.54) is 18.7 Å².